The largest absolute Gasteiger partial charge is 0.295 e. The van der Waals surface area contributed by atoms with Crippen LogP contribution in [0.25, 0.3) is 0 Å². The van der Waals surface area contributed by atoms with Crippen LogP contribution in [0.1, 0.15) is 45.7 Å². The number of Topliss-reactive ketones (excluding diaryl/α,β-unsaturated/α-hetero) is 2. The summed E-state index contributed by atoms with van der Waals surface area (Å²) < 4.78 is 0. The zero-order valence-electron chi connectivity index (χ0n) is 13.6. The van der Waals surface area contributed by atoms with Crippen molar-refractivity contribution in [2.75, 3.05) is 0 Å². The highest BCUT2D eigenvalue weighted by molar-refractivity contribution is 6.39. The van der Waals surface area contributed by atoms with E-state index < -0.39 is 0 Å². The van der Waals surface area contributed by atoms with Crippen LogP contribution in [0.5, 0.6) is 0 Å². The number of hydrogen-bond acceptors (Lipinski definition) is 2. The lowest BCUT2D eigenvalue weighted by Crippen LogP contribution is -1.95. The molecule has 0 radical (unpaired) electrons. The molecule has 2 rings (SSSR count). The number of carbonyl (C=O) groups excluding carboxylic acids is 2. The molecule has 2 aromatic rings. The van der Waals surface area contributed by atoms with Crippen LogP contribution in [0.4, 0.5) is 0 Å². The number of carbonyl (C=O) groups is 2. The van der Waals surface area contributed by atoms with Gasteiger partial charge in [0.05, 0.1) is 15.6 Å². The fraction of sp³-hybridized carbons (Fsp3) is 0.222. The number of rotatable bonds is 2. The number of benzene rings is 2. The molecule has 0 bridgehead atoms. The number of hydrogen-bond donors (Lipinski definition) is 0. The third-order valence-electron chi connectivity index (χ3n) is 3.23. The molecule has 6 heteroatoms. The van der Waals surface area contributed by atoms with Crippen molar-refractivity contribution in [2.24, 2.45) is 0 Å². The highest BCUT2D eigenvalue weighted by atomic mass is 35.5. The second kappa shape index (κ2) is 8.87. The van der Waals surface area contributed by atoms with E-state index in [0.29, 0.717) is 31.2 Å². The third kappa shape index (κ3) is 5.49. The van der Waals surface area contributed by atoms with Crippen LogP contribution in [0.3, 0.4) is 0 Å². The minimum absolute atomic E-state index is 0.0289. The van der Waals surface area contributed by atoms with E-state index >= 15 is 0 Å². The standard InChI is InChI=1S/2C9H8Cl2O/c1-5-8(10)3-7(6(2)12)4-9(5)11;1-5-3-7(10)9(6(2)12)8(11)4-5/h2*3-4H,1-2H3. The second-order valence-corrected chi connectivity index (χ2v) is 6.91. The first-order valence-electron chi connectivity index (χ1n) is 6.97. The molecule has 0 aromatic heterocycles. The minimum atomic E-state index is -0.106. The topological polar surface area (TPSA) is 34.1 Å². The van der Waals surface area contributed by atoms with Crippen LogP contribution in [0, 0.1) is 13.8 Å². The van der Waals surface area contributed by atoms with Gasteiger partial charge in [0.25, 0.3) is 0 Å². The molecule has 0 heterocycles. The van der Waals surface area contributed by atoms with Crippen molar-refractivity contribution < 1.29 is 9.59 Å². The van der Waals surface area contributed by atoms with Gasteiger partial charge in [0.1, 0.15) is 0 Å². The summed E-state index contributed by atoms with van der Waals surface area (Å²) in [5, 5.41) is 1.92. The minimum Gasteiger partial charge on any atom is -0.295 e. The van der Waals surface area contributed by atoms with Gasteiger partial charge in [-0.15, -0.1) is 0 Å². The lowest BCUT2D eigenvalue weighted by atomic mass is 10.1. The zero-order chi connectivity index (χ0) is 18.6. The molecule has 0 fully saturated rings. The molecule has 0 aliphatic heterocycles. The van der Waals surface area contributed by atoms with Crippen molar-refractivity contribution in [2.45, 2.75) is 27.7 Å². The van der Waals surface area contributed by atoms with Crippen molar-refractivity contribution >= 4 is 58.0 Å². The first-order valence-corrected chi connectivity index (χ1v) is 8.49. The third-order valence-corrected chi connectivity index (χ3v) is 4.61. The maximum Gasteiger partial charge on any atom is 0.162 e. The quantitative estimate of drug-likeness (QED) is 0.503. The van der Waals surface area contributed by atoms with Gasteiger partial charge in [-0.05, 0) is 63.1 Å². The van der Waals surface area contributed by atoms with Gasteiger partial charge in [0.2, 0.25) is 0 Å². The number of aryl methyl sites for hydroxylation is 1. The highest BCUT2D eigenvalue weighted by Crippen LogP contribution is 2.27. The molecule has 128 valence electrons. The molecule has 0 amide bonds. The van der Waals surface area contributed by atoms with Crippen molar-refractivity contribution in [1.29, 1.82) is 0 Å². The van der Waals surface area contributed by atoms with Crippen LogP contribution < -0.4 is 0 Å². The van der Waals surface area contributed by atoms with Gasteiger partial charge < -0.3 is 0 Å². The van der Waals surface area contributed by atoms with Crippen LogP contribution in [0.2, 0.25) is 20.1 Å². The van der Waals surface area contributed by atoms with E-state index in [0.717, 1.165) is 11.1 Å². The Kier molecular flexibility index (Phi) is 7.75. The van der Waals surface area contributed by atoms with E-state index in [2.05, 4.69) is 0 Å². The first-order chi connectivity index (χ1) is 11.0. The van der Waals surface area contributed by atoms with Crippen LogP contribution >= 0.6 is 46.4 Å². The lowest BCUT2D eigenvalue weighted by Gasteiger charge is -2.03. The fourth-order valence-electron chi connectivity index (χ4n) is 1.88. The Hall–Kier alpha value is -1.06. The molecule has 2 aromatic carbocycles. The summed E-state index contributed by atoms with van der Waals surface area (Å²) >= 11 is 23.3. The summed E-state index contributed by atoms with van der Waals surface area (Å²) in [4.78, 5) is 22.0. The Labute approximate surface area is 161 Å². The summed E-state index contributed by atoms with van der Waals surface area (Å²) in [6.07, 6.45) is 0. The second-order valence-electron chi connectivity index (χ2n) is 5.28. The molecule has 0 saturated heterocycles. The van der Waals surface area contributed by atoms with E-state index in [1.807, 2.05) is 13.8 Å². The van der Waals surface area contributed by atoms with Crippen molar-refractivity contribution in [3.63, 3.8) is 0 Å². The number of ketones is 2. The Bertz CT molecular complexity index is 752. The molecule has 0 spiro atoms. The Balaban J connectivity index is 0.000000240. The van der Waals surface area contributed by atoms with Gasteiger partial charge in [-0.3, -0.25) is 9.59 Å². The average Bonchev–Trinajstić information content (AvgIpc) is 2.43. The Morgan fingerprint density at radius 3 is 1.46 bits per heavy atom. The van der Waals surface area contributed by atoms with Gasteiger partial charge in [0.15, 0.2) is 11.6 Å². The van der Waals surface area contributed by atoms with Gasteiger partial charge >= 0.3 is 0 Å². The summed E-state index contributed by atoms with van der Waals surface area (Å²) in [5.41, 5.74) is 2.72. The monoisotopic (exact) mass is 404 g/mol. The molecule has 0 N–H and O–H groups in total. The van der Waals surface area contributed by atoms with Gasteiger partial charge in [-0.25, -0.2) is 0 Å². The highest BCUT2D eigenvalue weighted by Gasteiger charge is 2.10. The predicted octanol–water partition coefficient (Wildman–Crippen LogP) is 7.01. The lowest BCUT2D eigenvalue weighted by molar-refractivity contribution is 0.100. The molecule has 0 unspecified atom stereocenters. The molecule has 0 aliphatic rings. The molecule has 0 atom stereocenters. The fourth-order valence-corrected chi connectivity index (χ4v) is 3.23. The van der Waals surface area contributed by atoms with Crippen molar-refractivity contribution in [1.82, 2.24) is 0 Å². The zero-order valence-corrected chi connectivity index (χ0v) is 16.7. The molecule has 2 nitrogen and oxygen atoms in total. The van der Waals surface area contributed by atoms with Crippen molar-refractivity contribution in [3.05, 3.63) is 66.6 Å². The molecular weight excluding hydrogens is 390 g/mol. The van der Waals surface area contributed by atoms with Gasteiger partial charge in [-0.1, -0.05) is 46.4 Å². The van der Waals surface area contributed by atoms with Gasteiger partial charge in [0, 0.05) is 15.6 Å². The molecule has 0 saturated carbocycles. The molecule has 0 aliphatic carbocycles. The average molecular weight is 406 g/mol. The van der Waals surface area contributed by atoms with Crippen molar-refractivity contribution in [3.8, 4) is 0 Å². The van der Waals surface area contributed by atoms with Crippen LogP contribution in [-0.4, -0.2) is 11.6 Å². The van der Waals surface area contributed by atoms with E-state index in [4.69, 9.17) is 46.4 Å². The van der Waals surface area contributed by atoms with E-state index in [1.165, 1.54) is 13.8 Å². The summed E-state index contributed by atoms with van der Waals surface area (Å²) in [6, 6.07) is 6.71. The maximum atomic E-state index is 11.0. The van der Waals surface area contributed by atoms with Crippen LogP contribution in [-0.2, 0) is 0 Å². The van der Waals surface area contributed by atoms with E-state index in [-0.39, 0.29) is 11.6 Å². The molecule has 24 heavy (non-hydrogen) atoms. The summed E-state index contributed by atoms with van der Waals surface area (Å²) in [7, 11) is 0. The van der Waals surface area contributed by atoms with Gasteiger partial charge in [-0.2, -0.15) is 0 Å². The van der Waals surface area contributed by atoms with E-state index in [9.17, 15) is 9.59 Å². The maximum absolute atomic E-state index is 11.0. The molecular formula is C18H16Cl4O2. The SMILES string of the molecule is CC(=O)c1c(Cl)cc(C)cc1Cl.CC(=O)c1cc(Cl)c(C)c(Cl)c1. The van der Waals surface area contributed by atoms with Crippen LogP contribution in [0.15, 0.2) is 24.3 Å². The first kappa shape index (κ1) is 21.0. The summed E-state index contributed by atoms with van der Waals surface area (Å²) in [5.74, 6) is -0.135. The predicted molar refractivity (Wildman–Crippen MR) is 102 cm³/mol. The Morgan fingerprint density at radius 2 is 1.12 bits per heavy atom. The normalized spacial score (nSPS) is 10.0. The smallest absolute Gasteiger partial charge is 0.162 e. The van der Waals surface area contributed by atoms with E-state index in [1.54, 1.807) is 24.3 Å². The number of halogens is 4. The Morgan fingerprint density at radius 1 is 0.708 bits per heavy atom. The summed E-state index contributed by atoms with van der Waals surface area (Å²) in [6.45, 7) is 6.62.